The molecular weight excluding hydrogens is 465 g/mol. The van der Waals surface area contributed by atoms with Gasteiger partial charge in [-0.05, 0) is 12.5 Å². The van der Waals surface area contributed by atoms with Gasteiger partial charge in [0, 0.05) is 57.0 Å². The van der Waals surface area contributed by atoms with Crippen molar-refractivity contribution in [2.24, 2.45) is 4.99 Å². The van der Waals surface area contributed by atoms with Crippen LogP contribution in [0.1, 0.15) is 15.4 Å². The smallest absolute Gasteiger partial charge is 0.213 e. The predicted octanol–water partition coefficient (Wildman–Crippen LogP) is 2.40. The topological polar surface area (TPSA) is 80.7 Å². The number of rotatable bonds is 9. The molecule has 2 aromatic rings. The Balaban J connectivity index is 0.00000338. The van der Waals surface area contributed by atoms with Crippen molar-refractivity contribution in [2.75, 3.05) is 33.9 Å². The number of ether oxygens (including phenoxy) is 2. The van der Waals surface area contributed by atoms with Gasteiger partial charge in [-0.15, -0.1) is 35.3 Å². The van der Waals surface area contributed by atoms with Crippen LogP contribution < -0.4 is 15.4 Å². The number of methoxy groups -OCH3 is 1. The Morgan fingerprint density at radius 1 is 1.19 bits per heavy atom. The quantitative estimate of drug-likeness (QED) is 0.243. The highest BCUT2D eigenvalue weighted by Gasteiger charge is 2.02. The van der Waals surface area contributed by atoms with Gasteiger partial charge in [0.05, 0.1) is 11.6 Å². The normalized spacial score (nSPS) is 11.0. The molecule has 2 N–H and O–H groups in total. The molecule has 0 saturated heterocycles. The lowest BCUT2D eigenvalue weighted by atomic mass is 10.3. The van der Waals surface area contributed by atoms with Crippen LogP contribution in [0.5, 0.6) is 5.88 Å². The molecule has 0 aromatic carbocycles. The number of aromatic nitrogens is 2. The highest BCUT2D eigenvalue weighted by molar-refractivity contribution is 14.0. The minimum atomic E-state index is 0. The lowest BCUT2D eigenvalue weighted by molar-refractivity contribution is 0.143. The van der Waals surface area contributed by atoms with Gasteiger partial charge >= 0.3 is 0 Å². The first-order chi connectivity index (χ1) is 12.2. The lowest BCUT2D eigenvalue weighted by Crippen LogP contribution is -2.37. The molecule has 7 nitrogen and oxygen atoms in total. The van der Waals surface area contributed by atoms with Crippen LogP contribution in [0.15, 0.2) is 29.5 Å². The van der Waals surface area contributed by atoms with Crippen molar-refractivity contribution in [3.8, 4) is 5.88 Å². The summed E-state index contributed by atoms with van der Waals surface area (Å²) in [6.45, 7) is 4.54. The largest absolute Gasteiger partial charge is 0.475 e. The first-order valence-electron chi connectivity index (χ1n) is 8.13. The first kappa shape index (κ1) is 22.6. The minimum Gasteiger partial charge on any atom is -0.475 e. The number of hydrogen-bond donors (Lipinski definition) is 2. The summed E-state index contributed by atoms with van der Waals surface area (Å²) in [5.74, 6) is 1.36. The molecule has 0 fully saturated rings. The first-order valence-corrected chi connectivity index (χ1v) is 8.95. The number of halogens is 1. The second-order valence-electron chi connectivity index (χ2n) is 5.31. The monoisotopic (exact) mass is 491 g/mol. The number of aliphatic imine (C=N–C) groups is 1. The van der Waals surface area contributed by atoms with E-state index in [-0.39, 0.29) is 24.0 Å². The van der Waals surface area contributed by atoms with Gasteiger partial charge in [0.1, 0.15) is 6.61 Å². The standard InChI is InChI=1S/C17H25N5O2S.HI/c1-13-10-21-16(25-13)6-7-19-17(18-2)22-12-14-4-5-15(20-11-14)24-9-8-23-3;/h4-5,10-11H,6-9,12H2,1-3H3,(H2,18,19,22);1H. The van der Waals surface area contributed by atoms with Crippen molar-refractivity contribution >= 4 is 41.3 Å². The highest BCUT2D eigenvalue weighted by Crippen LogP contribution is 2.11. The van der Waals surface area contributed by atoms with Crippen molar-refractivity contribution < 1.29 is 9.47 Å². The van der Waals surface area contributed by atoms with E-state index in [2.05, 4.69) is 32.5 Å². The van der Waals surface area contributed by atoms with Gasteiger partial charge < -0.3 is 20.1 Å². The van der Waals surface area contributed by atoms with Gasteiger partial charge in [0.25, 0.3) is 0 Å². The third kappa shape index (κ3) is 8.28. The molecule has 0 spiro atoms. The average Bonchev–Trinajstić information content (AvgIpc) is 3.04. The van der Waals surface area contributed by atoms with E-state index in [4.69, 9.17) is 9.47 Å². The number of thiazole rings is 1. The van der Waals surface area contributed by atoms with E-state index in [9.17, 15) is 0 Å². The van der Waals surface area contributed by atoms with Crippen LogP contribution >= 0.6 is 35.3 Å². The van der Waals surface area contributed by atoms with Crippen LogP contribution in [0.4, 0.5) is 0 Å². The van der Waals surface area contributed by atoms with Crippen molar-refractivity contribution in [3.05, 3.63) is 40.0 Å². The summed E-state index contributed by atoms with van der Waals surface area (Å²) in [7, 11) is 3.40. The molecule has 9 heteroatoms. The van der Waals surface area contributed by atoms with Crippen molar-refractivity contribution in [1.29, 1.82) is 0 Å². The zero-order valence-electron chi connectivity index (χ0n) is 15.3. The maximum absolute atomic E-state index is 5.45. The second kappa shape index (κ2) is 12.8. The Bertz CT molecular complexity index is 663. The minimum absolute atomic E-state index is 0. The lowest BCUT2D eigenvalue weighted by Gasteiger charge is -2.11. The molecule has 0 aliphatic rings. The molecule has 2 heterocycles. The van der Waals surface area contributed by atoms with Gasteiger partial charge in [0.15, 0.2) is 5.96 Å². The van der Waals surface area contributed by atoms with Gasteiger partial charge in [-0.2, -0.15) is 0 Å². The van der Waals surface area contributed by atoms with Gasteiger partial charge in [0.2, 0.25) is 5.88 Å². The fourth-order valence-electron chi connectivity index (χ4n) is 2.04. The molecule has 2 aromatic heterocycles. The van der Waals surface area contributed by atoms with E-state index in [0.29, 0.717) is 25.6 Å². The number of nitrogens with zero attached hydrogens (tertiary/aromatic N) is 3. The van der Waals surface area contributed by atoms with Crippen LogP contribution in [0, 0.1) is 6.92 Å². The van der Waals surface area contributed by atoms with Gasteiger partial charge in [-0.1, -0.05) is 6.07 Å². The number of hydrogen-bond acceptors (Lipinski definition) is 6. The Labute approximate surface area is 175 Å². The number of guanidine groups is 1. The fourth-order valence-corrected chi connectivity index (χ4v) is 2.83. The maximum atomic E-state index is 5.45. The molecular formula is C17H26IN5O2S. The fraction of sp³-hybridized carbons (Fsp3) is 0.471. The zero-order chi connectivity index (χ0) is 17.9. The summed E-state index contributed by atoms with van der Waals surface area (Å²) >= 11 is 1.73. The van der Waals surface area contributed by atoms with E-state index >= 15 is 0 Å². The van der Waals surface area contributed by atoms with E-state index < -0.39 is 0 Å². The van der Waals surface area contributed by atoms with Crippen LogP contribution in [0.3, 0.4) is 0 Å². The van der Waals surface area contributed by atoms with E-state index in [1.165, 1.54) is 4.88 Å². The summed E-state index contributed by atoms with van der Waals surface area (Å²) in [4.78, 5) is 14.1. The van der Waals surface area contributed by atoms with E-state index in [1.807, 2.05) is 18.3 Å². The van der Waals surface area contributed by atoms with Crippen LogP contribution in [0.25, 0.3) is 0 Å². The molecule has 144 valence electrons. The zero-order valence-corrected chi connectivity index (χ0v) is 18.5. The van der Waals surface area contributed by atoms with Gasteiger partial charge in [-0.3, -0.25) is 4.99 Å². The third-order valence-corrected chi connectivity index (χ3v) is 4.29. The molecule has 0 saturated carbocycles. The van der Waals surface area contributed by atoms with Crippen LogP contribution in [-0.2, 0) is 17.7 Å². The van der Waals surface area contributed by atoms with E-state index in [0.717, 1.165) is 29.5 Å². The maximum Gasteiger partial charge on any atom is 0.213 e. The summed E-state index contributed by atoms with van der Waals surface area (Å²) in [5.41, 5.74) is 1.05. The summed E-state index contributed by atoms with van der Waals surface area (Å²) < 4.78 is 10.4. The highest BCUT2D eigenvalue weighted by atomic mass is 127. The predicted molar refractivity (Wildman–Crippen MR) is 116 cm³/mol. The summed E-state index contributed by atoms with van der Waals surface area (Å²) in [5, 5.41) is 7.69. The number of pyridine rings is 1. The average molecular weight is 491 g/mol. The molecule has 0 aliphatic carbocycles. The molecule has 0 radical (unpaired) electrons. The van der Waals surface area contributed by atoms with Crippen molar-refractivity contribution in [3.63, 3.8) is 0 Å². The van der Waals surface area contributed by atoms with Crippen LogP contribution in [0.2, 0.25) is 0 Å². The summed E-state index contributed by atoms with van der Waals surface area (Å²) in [6, 6.07) is 3.83. The van der Waals surface area contributed by atoms with E-state index in [1.54, 1.807) is 31.7 Å². The summed E-state index contributed by atoms with van der Waals surface area (Å²) in [6.07, 6.45) is 4.58. The molecule has 0 atom stereocenters. The molecule has 0 amide bonds. The third-order valence-electron chi connectivity index (χ3n) is 3.32. The van der Waals surface area contributed by atoms with Crippen molar-refractivity contribution in [2.45, 2.75) is 19.9 Å². The molecule has 2 rings (SSSR count). The Kier molecular flexibility index (Phi) is 11.1. The molecule has 0 aliphatic heterocycles. The Hall–Kier alpha value is -1.46. The molecule has 0 bridgehead atoms. The Morgan fingerprint density at radius 2 is 2.04 bits per heavy atom. The Morgan fingerprint density at radius 3 is 2.65 bits per heavy atom. The van der Waals surface area contributed by atoms with Crippen molar-refractivity contribution in [1.82, 2.24) is 20.6 Å². The SMILES string of the molecule is CN=C(NCCc1ncc(C)s1)NCc1ccc(OCCOC)nc1.I. The number of nitrogens with one attached hydrogen (secondary N) is 2. The second-order valence-corrected chi connectivity index (χ2v) is 6.63. The number of aryl methyl sites for hydroxylation is 1. The molecule has 0 unspecified atom stereocenters. The van der Waals surface area contributed by atoms with Crippen LogP contribution in [-0.4, -0.2) is 49.8 Å². The molecule has 26 heavy (non-hydrogen) atoms. The van der Waals surface area contributed by atoms with Gasteiger partial charge in [-0.25, -0.2) is 9.97 Å².